The van der Waals surface area contributed by atoms with Crippen LogP contribution >= 0.6 is 11.8 Å². The maximum absolute atomic E-state index is 6.73. The van der Waals surface area contributed by atoms with Gasteiger partial charge in [-0.3, -0.25) is 0 Å². The van der Waals surface area contributed by atoms with Crippen LogP contribution < -0.4 is 26.2 Å². The number of para-hydroxylation sites is 6. The Kier molecular flexibility index (Phi) is 6.92. The lowest BCUT2D eigenvalue weighted by Crippen LogP contribution is -2.58. The molecule has 2 aromatic heterocycles. The predicted octanol–water partition coefficient (Wildman–Crippen LogP) is 11.8. The third-order valence-electron chi connectivity index (χ3n) is 11.4. The number of nitrogens with zero attached hydrogens (tertiary/aromatic N) is 3. The molecule has 4 nitrogen and oxygen atoms in total. The second-order valence-corrected chi connectivity index (χ2v) is 15.6. The number of furan rings is 1. The van der Waals surface area contributed by atoms with Gasteiger partial charge in [-0.1, -0.05) is 120 Å². The molecule has 2 aliphatic rings. The molecule has 0 atom stereocenters. The fourth-order valence-corrected chi connectivity index (χ4v) is 10.3. The second-order valence-electron chi connectivity index (χ2n) is 14.5. The van der Waals surface area contributed by atoms with Gasteiger partial charge >= 0.3 is 0 Å². The molecule has 0 aliphatic carbocycles. The molecule has 0 saturated heterocycles. The molecule has 8 aromatic carbocycles. The molecule has 2 aliphatic heterocycles. The quantitative estimate of drug-likeness (QED) is 0.159. The van der Waals surface area contributed by atoms with E-state index in [1.807, 2.05) is 11.8 Å². The van der Waals surface area contributed by atoms with Crippen LogP contribution in [0.25, 0.3) is 38.7 Å². The Labute approximate surface area is 328 Å². The van der Waals surface area contributed by atoms with Gasteiger partial charge < -0.3 is 18.8 Å². The molecule has 56 heavy (non-hydrogen) atoms. The number of benzene rings is 8. The Morgan fingerprint density at radius 2 is 0.982 bits per heavy atom. The molecule has 262 valence electrons. The Morgan fingerprint density at radius 1 is 0.429 bits per heavy atom. The maximum atomic E-state index is 6.73. The zero-order valence-corrected chi connectivity index (χ0v) is 31.0. The van der Waals surface area contributed by atoms with Crippen LogP contribution in [0.2, 0.25) is 0 Å². The molecule has 6 heteroatoms. The Balaban J connectivity index is 1.15. The van der Waals surface area contributed by atoms with Gasteiger partial charge in [0.05, 0.1) is 5.52 Å². The van der Waals surface area contributed by atoms with Gasteiger partial charge in [-0.15, -0.1) is 0 Å². The first-order valence-electron chi connectivity index (χ1n) is 19.1. The molecule has 0 fully saturated rings. The highest BCUT2D eigenvalue weighted by Gasteiger charge is 2.41. The highest BCUT2D eigenvalue weighted by Crippen LogP contribution is 2.46. The molecule has 0 spiro atoms. The van der Waals surface area contributed by atoms with Crippen molar-refractivity contribution in [2.24, 2.45) is 0 Å². The molecule has 0 amide bonds. The summed E-state index contributed by atoms with van der Waals surface area (Å²) >= 11 is 1.88. The van der Waals surface area contributed by atoms with E-state index in [0.717, 1.165) is 61.6 Å². The fraction of sp³-hybridized carbons (Fsp3) is 0. The van der Waals surface area contributed by atoms with E-state index in [2.05, 4.69) is 208 Å². The number of rotatable bonds is 6. The largest absolute Gasteiger partial charge is 0.454 e. The molecule has 12 rings (SSSR count). The average molecular weight is 734 g/mol. The molecule has 4 heterocycles. The van der Waals surface area contributed by atoms with Crippen molar-refractivity contribution in [1.29, 1.82) is 0 Å². The summed E-state index contributed by atoms with van der Waals surface area (Å²) in [7, 11) is 0. The Morgan fingerprint density at radius 3 is 1.62 bits per heavy atom. The first kappa shape index (κ1) is 31.5. The number of hydrogen-bond donors (Lipinski definition) is 0. The molecule has 0 bridgehead atoms. The van der Waals surface area contributed by atoms with Crippen LogP contribution in [-0.4, -0.2) is 11.3 Å². The van der Waals surface area contributed by atoms with E-state index in [1.54, 1.807) is 0 Å². The number of hydrogen-bond acceptors (Lipinski definition) is 4. The normalized spacial score (nSPS) is 12.5. The summed E-state index contributed by atoms with van der Waals surface area (Å²) in [5.74, 6) is 0. The van der Waals surface area contributed by atoms with Crippen molar-refractivity contribution in [1.82, 2.24) is 4.57 Å². The Hall–Kier alpha value is -6.89. The fourth-order valence-electron chi connectivity index (χ4n) is 9.09. The minimum atomic E-state index is 0.0459. The molecule has 0 saturated carbocycles. The third-order valence-corrected chi connectivity index (χ3v) is 12.5. The zero-order chi connectivity index (χ0) is 36.7. The van der Waals surface area contributed by atoms with E-state index >= 15 is 0 Å². The Bertz CT molecular complexity index is 3050. The first-order chi connectivity index (χ1) is 27.8. The van der Waals surface area contributed by atoms with Crippen molar-refractivity contribution < 1.29 is 4.42 Å². The van der Waals surface area contributed by atoms with E-state index in [0.29, 0.717) is 0 Å². The van der Waals surface area contributed by atoms with E-state index in [4.69, 9.17) is 4.42 Å². The third kappa shape index (κ3) is 4.63. The average Bonchev–Trinajstić information content (AvgIpc) is 3.80. The smallest absolute Gasteiger partial charge is 0.249 e. The lowest BCUT2D eigenvalue weighted by atomic mass is 9.35. The van der Waals surface area contributed by atoms with Gasteiger partial charge in [0.2, 0.25) is 6.71 Å². The van der Waals surface area contributed by atoms with Gasteiger partial charge in [-0.05, 0) is 102 Å². The van der Waals surface area contributed by atoms with E-state index in [9.17, 15) is 0 Å². The van der Waals surface area contributed by atoms with Crippen LogP contribution in [0.5, 0.6) is 0 Å². The molecule has 0 N–H and O–H groups in total. The predicted molar refractivity (Wildman–Crippen MR) is 235 cm³/mol. The monoisotopic (exact) mass is 733 g/mol. The summed E-state index contributed by atoms with van der Waals surface area (Å²) in [4.78, 5) is 7.26. The van der Waals surface area contributed by atoms with E-state index in [1.165, 1.54) is 37.4 Å². The summed E-state index contributed by atoms with van der Waals surface area (Å²) < 4.78 is 9.24. The van der Waals surface area contributed by atoms with Crippen LogP contribution in [0, 0.1) is 0 Å². The minimum absolute atomic E-state index is 0.0459. The van der Waals surface area contributed by atoms with Gasteiger partial charge in [0.1, 0.15) is 11.1 Å². The highest BCUT2D eigenvalue weighted by molar-refractivity contribution is 8.00. The molecule has 10 aromatic rings. The van der Waals surface area contributed by atoms with Crippen molar-refractivity contribution in [2.45, 2.75) is 9.79 Å². The summed E-state index contributed by atoms with van der Waals surface area (Å²) in [6.45, 7) is 0.0459. The van der Waals surface area contributed by atoms with Gasteiger partial charge in [0, 0.05) is 60.4 Å². The SMILES string of the molecule is c1ccc(N(c2ccccc2)c2ccc3c(c2)Sc2cc(N(c4ccccc4)c4ccccc4)cc4c2B3c2cccc3c5oc6ccccc6c5n-4c23)cc1. The lowest BCUT2D eigenvalue weighted by molar-refractivity contribution is 0.673. The van der Waals surface area contributed by atoms with Crippen molar-refractivity contribution in [3.8, 4) is 5.69 Å². The standard InChI is InChI=1S/C50H32BN3OS/c1-5-16-33(17-6-1)52(34-18-7-2-8-19-34)37-28-29-41-45(31-37)56-46-32-38(53(35-20-9-3-10-21-35)36-22-11-4-12-23-36)30-43-47(46)51(41)42-26-15-25-40-48(42)54(43)49-39-24-13-14-27-44(39)55-50(40)49/h1-32H. The number of aromatic nitrogens is 1. The molecule has 0 radical (unpaired) electrons. The minimum Gasteiger partial charge on any atom is -0.454 e. The van der Waals surface area contributed by atoms with Crippen LogP contribution in [0.15, 0.2) is 208 Å². The van der Waals surface area contributed by atoms with Gasteiger partial charge in [0.15, 0.2) is 5.58 Å². The van der Waals surface area contributed by atoms with Crippen molar-refractivity contribution in [3.63, 3.8) is 0 Å². The number of fused-ring (bicyclic) bond motifs is 9. The topological polar surface area (TPSA) is 24.6 Å². The highest BCUT2D eigenvalue weighted by atomic mass is 32.2. The first-order valence-corrected chi connectivity index (χ1v) is 19.9. The van der Waals surface area contributed by atoms with E-state index < -0.39 is 0 Å². The van der Waals surface area contributed by atoms with Gasteiger partial charge in [-0.2, -0.15) is 0 Å². The summed E-state index contributed by atoms with van der Waals surface area (Å²) in [5, 5.41) is 2.27. The lowest BCUT2D eigenvalue weighted by Gasteiger charge is -2.36. The van der Waals surface area contributed by atoms with E-state index in [-0.39, 0.29) is 6.71 Å². The van der Waals surface area contributed by atoms with Crippen LogP contribution in [0.4, 0.5) is 34.1 Å². The molecular weight excluding hydrogens is 701 g/mol. The summed E-state index contributed by atoms with van der Waals surface area (Å²) in [6.07, 6.45) is 0. The van der Waals surface area contributed by atoms with Gasteiger partial charge in [-0.25, -0.2) is 0 Å². The van der Waals surface area contributed by atoms with Crippen LogP contribution in [0.3, 0.4) is 0 Å². The van der Waals surface area contributed by atoms with Gasteiger partial charge in [0.25, 0.3) is 0 Å². The second kappa shape index (κ2) is 12.3. The number of anilines is 6. The van der Waals surface area contributed by atoms with Crippen molar-refractivity contribution in [2.75, 3.05) is 9.80 Å². The molecule has 0 unspecified atom stereocenters. The zero-order valence-electron chi connectivity index (χ0n) is 30.2. The van der Waals surface area contributed by atoms with Crippen molar-refractivity contribution in [3.05, 3.63) is 194 Å². The van der Waals surface area contributed by atoms with Crippen LogP contribution in [-0.2, 0) is 0 Å². The maximum Gasteiger partial charge on any atom is 0.249 e. The van der Waals surface area contributed by atoms with Crippen LogP contribution in [0.1, 0.15) is 0 Å². The van der Waals surface area contributed by atoms with Crippen molar-refractivity contribution >= 4 is 102 Å². The summed E-state index contributed by atoms with van der Waals surface area (Å²) in [6, 6.07) is 69.9. The summed E-state index contributed by atoms with van der Waals surface area (Å²) in [5.41, 5.74) is 16.1. The molecular formula is C50H32BN3OS.